The summed E-state index contributed by atoms with van der Waals surface area (Å²) in [7, 11) is 1.39. The summed E-state index contributed by atoms with van der Waals surface area (Å²) in [6.07, 6.45) is -3.06. The quantitative estimate of drug-likeness (QED) is 0.355. The molecule has 3 aromatic carbocycles. The van der Waals surface area contributed by atoms with Gasteiger partial charge in [-0.15, -0.1) is 0 Å². The molecule has 0 aliphatic heterocycles. The molecule has 0 aliphatic rings. The number of anilines is 1. The van der Waals surface area contributed by atoms with Gasteiger partial charge < -0.3 is 14.6 Å². The number of rotatable bonds is 6. The minimum absolute atomic E-state index is 0.228. The van der Waals surface area contributed by atoms with E-state index in [-0.39, 0.29) is 17.1 Å². The van der Waals surface area contributed by atoms with Gasteiger partial charge in [-0.2, -0.15) is 13.2 Å². The normalized spacial score (nSPS) is 11.2. The highest BCUT2D eigenvalue weighted by molar-refractivity contribution is 6.03. The van der Waals surface area contributed by atoms with E-state index in [0.717, 1.165) is 28.2 Å². The zero-order valence-electron chi connectivity index (χ0n) is 19.5. The number of aryl methyl sites for hydroxylation is 1. The lowest BCUT2D eigenvalue weighted by Gasteiger charge is -2.19. The SMILES string of the molecule is Cc1ccc(-c2cnc(-c3ccccc3C(=O)N(C)CC(=O)Nc3ccccc3C(F)(F)F)o2)cc1. The summed E-state index contributed by atoms with van der Waals surface area (Å²) in [5, 5.41) is 2.24. The molecule has 2 amide bonds. The summed E-state index contributed by atoms with van der Waals surface area (Å²) < 4.78 is 45.5. The van der Waals surface area contributed by atoms with E-state index in [1.165, 1.54) is 19.2 Å². The molecule has 0 spiro atoms. The molecule has 1 aromatic heterocycles. The van der Waals surface area contributed by atoms with E-state index in [1.54, 1.807) is 30.5 Å². The van der Waals surface area contributed by atoms with E-state index in [2.05, 4.69) is 10.3 Å². The van der Waals surface area contributed by atoms with Crippen LogP contribution >= 0.6 is 0 Å². The number of hydrogen-bond acceptors (Lipinski definition) is 4. The van der Waals surface area contributed by atoms with E-state index in [1.807, 2.05) is 31.2 Å². The molecule has 0 saturated carbocycles. The van der Waals surface area contributed by atoms with Gasteiger partial charge >= 0.3 is 6.18 Å². The first-order valence-electron chi connectivity index (χ1n) is 11.0. The molecule has 0 aliphatic carbocycles. The van der Waals surface area contributed by atoms with Crippen molar-refractivity contribution in [3.8, 4) is 22.8 Å². The van der Waals surface area contributed by atoms with E-state index in [9.17, 15) is 22.8 Å². The number of nitrogens with zero attached hydrogens (tertiary/aromatic N) is 2. The second-order valence-electron chi connectivity index (χ2n) is 8.19. The highest BCUT2D eigenvalue weighted by Gasteiger charge is 2.33. The highest BCUT2D eigenvalue weighted by atomic mass is 19.4. The average molecular weight is 493 g/mol. The Morgan fingerprint density at radius 3 is 2.36 bits per heavy atom. The lowest BCUT2D eigenvalue weighted by atomic mass is 10.1. The fraction of sp³-hybridized carbons (Fsp3) is 0.148. The van der Waals surface area contributed by atoms with Crippen LogP contribution in [0.5, 0.6) is 0 Å². The third kappa shape index (κ3) is 5.46. The number of likely N-dealkylation sites (N-methyl/N-ethyl adjacent to an activating group) is 1. The predicted molar refractivity (Wildman–Crippen MR) is 129 cm³/mol. The number of carbonyl (C=O) groups excluding carboxylic acids is 2. The summed E-state index contributed by atoms with van der Waals surface area (Å²) in [6, 6.07) is 19.0. The molecule has 0 bridgehead atoms. The van der Waals surface area contributed by atoms with Crippen LogP contribution in [0.25, 0.3) is 22.8 Å². The summed E-state index contributed by atoms with van der Waals surface area (Å²) >= 11 is 0. The van der Waals surface area contributed by atoms with E-state index >= 15 is 0 Å². The van der Waals surface area contributed by atoms with E-state index in [4.69, 9.17) is 4.42 Å². The van der Waals surface area contributed by atoms with Crippen molar-refractivity contribution >= 4 is 17.5 Å². The van der Waals surface area contributed by atoms with E-state index in [0.29, 0.717) is 11.3 Å². The predicted octanol–water partition coefficient (Wildman–Crippen LogP) is 6.05. The van der Waals surface area contributed by atoms with Crippen LogP contribution in [0, 0.1) is 6.92 Å². The maximum absolute atomic E-state index is 13.2. The second kappa shape index (κ2) is 10.1. The largest absolute Gasteiger partial charge is 0.436 e. The van der Waals surface area contributed by atoms with Crippen molar-refractivity contribution in [2.24, 2.45) is 0 Å². The first-order chi connectivity index (χ1) is 17.1. The second-order valence-corrected chi connectivity index (χ2v) is 8.19. The molecule has 0 fully saturated rings. The zero-order valence-corrected chi connectivity index (χ0v) is 19.5. The standard InChI is InChI=1S/C27H22F3N3O3/c1-17-11-13-18(14-12-17)23-15-31-25(36-23)19-7-3-4-8-20(19)26(35)33(2)16-24(34)32-22-10-6-5-9-21(22)27(28,29)30/h3-15H,16H2,1-2H3,(H,32,34). The van der Waals surface area contributed by atoms with Crippen molar-refractivity contribution in [1.82, 2.24) is 9.88 Å². The molecule has 1 N–H and O–H groups in total. The molecule has 36 heavy (non-hydrogen) atoms. The molecular weight excluding hydrogens is 471 g/mol. The van der Waals surface area contributed by atoms with Gasteiger partial charge in [0.2, 0.25) is 11.8 Å². The molecule has 9 heteroatoms. The number of para-hydroxylation sites is 1. The Morgan fingerprint density at radius 2 is 1.64 bits per heavy atom. The van der Waals surface area contributed by atoms with Crippen LogP contribution in [-0.2, 0) is 11.0 Å². The van der Waals surface area contributed by atoms with Crippen molar-refractivity contribution in [3.63, 3.8) is 0 Å². The topological polar surface area (TPSA) is 75.4 Å². The molecular formula is C27H22F3N3O3. The van der Waals surface area contributed by atoms with E-state index < -0.39 is 30.1 Å². The van der Waals surface area contributed by atoms with Gasteiger partial charge in [0.25, 0.3) is 5.91 Å². The number of hydrogen-bond donors (Lipinski definition) is 1. The Labute approximate surface area is 205 Å². The third-order valence-electron chi connectivity index (χ3n) is 5.46. The van der Waals surface area contributed by atoms with Crippen LogP contribution in [0.15, 0.2) is 83.4 Å². The van der Waals surface area contributed by atoms with Crippen LogP contribution in [0.3, 0.4) is 0 Å². The number of nitrogens with one attached hydrogen (secondary N) is 1. The number of halogens is 3. The fourth-order valence-corrected chi connectivity index (χ4v) is 3.63. The fourth-order valence-electron chi connectivity index (χ4n) is 3.63. The number of aromatic nitrogens is 1. The maximum atomic E-state index is 13.2. The van der Waals surface area contributed by atoms with Gasteiger partial charge in [-0.1, -0.05) is 54.1 Å². The van der Waals surface area contributed by atoms with Crippen molar-refractivity contribution in [1.29, 1.82) is 0 Å². The number of alkyl halides is 3. The molecule has 1 heterocycles. The maximum Gasteiger partial charge on any atom is 0.418 e. The smallest absolute Gasteiger partial charge is 0.418 e. The van der Waals surface area contributed by atoms with Gasteiger partial charge in [0.1, 0.15) is 0 Å². The highest BCUT2D eigenvalue weighted by Crippen LogP contribution is 2.34. The van der Waals surface area contributed by atoms with Crippen molar-refractivity contribution in [2.45, 2.75) is 13.1 Å². The Hall–Kier alpha value is -4.40. The molecule has 6 nitrogen and oxygen atoms in total. The molecule has 184 valence electrons. The number of benzene rings is 3. The lowest BCUT2D eigenvalue weighted by Crippen LogP contribution is -2.35. The van der Waals surface area contributed by atoms with Crippen molar-refractivity contribution < 1.29 is 27.2 Å². The Kier molecular flexibility index (Phi) is 6.91. The molecule has 0 radical (unpaired) electrons. The van der Waals surface area contributed by atoms with Gasteiger partial charge in [-0.3, -0.25) is 9.59 Å². The summed E-state index contributed by atoms with van der Waals surface area (Å²) in [6.45, 7) is 1.52. The van der Waals surface area contributed by atoms with Crippen LogP contribution in [-0.4, -0.2) is 35.3 Å². The molecule has 0 atom stereocenters. The first-order valence-corrected chi connectivity index (χ1v) is 11.0. The minimum atomic E-state index is -4.63. The molecule has 0 saturated heterocycles. The Morgan fingerprint density at radius 1 is 0.972 bits per heavy atom. The van der Waals surface area contributed by atoms with Gasteiger partial charge in [-0.25, -0.2) is 4.98 Å². The summed E-state index contributed by atoms with van der Waals surface area (Å²) in [5.41, 5.74) is 1.25. The Bertz CT molecular complexity index is 1400. The van der Waals surface area contributed by atoms with Crippen molar-refractivity contribution in [2.75, 3.05) is 18.9 Å². The number of carbonyl (C=O) groups is 2. The summed E-state index contributed by atoms with van der Waals surface area (Å²) in [5.74, 6) is -0.521. The average Bonchev–Trinajstić information content (AvgIpc) is 3.34. The van der Waals surface area contributed by atoms with Crippen LogP contribution in [0.2, 0.25) is 0 Å². The Balaban J connectivity index is 1.51. The number of oxazole rings is 1. The minimum Gasteiger partial charge on any atom is -0.436 e. The zero-order chi connectivity index (χ0) is 25.9. The number of amides is 2. The van der Waals surface area contributed by atoms with Gasteiger partial charge in [0.15, 0.2) is 5.76 Å². The molecule has 4 rings (SSSR count). The van der Waals surface area contributed by atoms with Crippen molar-refractivity contribution in [3.05, 3.63) is 95.7 Å². The lowest BCUT2D eigenvalue weighted by molar-refractivity contribution is -0.137. The van der Waals surface area contributed by atoms with Crippen LogP contribution in [0.4, 0.5) is 18.9 Å². The van der Waals surface area contributed by atoms with Crippen LogP contribution < -0.4 is 5.32 Å². The summed E-state index contributed by atoms with van der Waals surface area (Å²) in [4.78, 5) is 31.1. The molecule has 0 unspecified atom stereocenters. The molecule has 4 aromatic rings. The van der Waals surface area contributed by atoms with Gasteiger partial charge in [0.05, 0.1) is 29.6 Å². The van der Waals surface area contributed by atoms with Gasteiger partial charge in [-0.05, 0) is 31.2 Å². The first kappa shape index (κ1) is 24.7. The van der Waals surface area contributed by atoms with Crippen LogP contribution in [0.1, 0.15) is 21.5 Å². The monoisotopic (exact) mass is 493 g/mol. The van der Waals surface area contributed by atoms with Gasteiger partial charge in [0, 0.05) is 18.2 Å². The third-order valence-corrected chi connectivity index (χ3v) is 5.46.